The lowest BCUT2D eigenvalue weighted by Crippen LogP contribution is -2.64. The second kappa shape index (κ2) is 8.96. The van der Waals surface area contributed by atoms with Crippen molar-refractivity contribution in [2.24, 2.45) is 39.4 Å². The molecular formula is C32H44O8. The Morgan fingerprint density at radius 2 is 1.68 bits per heavy atom. The van der Waals surface area contributed by atoms with Gasteiger partial charge in [0, 0.05) is 30.6 Å². The van der Waals surface area contributed by atoms with Gasteiger partial charge in [-0.3, -0.25) is 19.2 Å². The summed E-state index contributed by atoms with van der Waals surface area (Å²) >= 11 is 0. The Morgan fingerprint density at radius 3 is 2.25 bits per heavy atom. The van der Waals surface area contributed by atoms with Crippen molar-refractivity contribution < 1.29 is 39.2 Å². The lowest BCUT2D eigenvalue weighted by Gasteiger charge is -2.63. The monoisotopic (exact) mass is 556 g/mol. The Morgan fingerprint density at radius 1 is 1.07 bits per heavy atom. The topological polar surface area (TPSA) is 138 Å². The molecule has 2 saturated carbocycles. The number of carbonyl (C=O) groups is 4. The van der Waals surface area contributed by atoms with Gasteiger partial charge in [0.1, 0.15) is 17.0 Å². The van der Waals surface area contributed by atoms with Gasteiger partial charge in [0.15, 0.2) is 11.5 Å². The van der Waals surface area contributed by atoms with E-state index in [1.54, 1.807) is 27.7 Å². The number of esters is 1. The predicted molar refractivity (Wildman–Crippen MR) is 148 cm³/mol. The van der Waals surface area contributed by atoms with E-state index in [0.717, 1.165) is 5.57 Å². The molecule has 0 saturated heterocycles. The number of ketones is 3. The van der Waals surface area contributed by atoms with Crippen molar-refractivity contribution in [3.8, 4) is 0 Å². The van der Waals surface area contributed by atoms with Crippen LogP contribution in [0.25, 0.3) is 0 Å². The third kappa shape index (κ3) is 4.00. The first-order valence-corrected chi connectivity index (χ1v) is 14.1. The highest BCUT2D eigenvalue weighted by atomic mass is 16.6. The van der Waals surface area contributed by atoms with Gasteiger partial charge in [-0.15, -0.1) is 0 Å². The molecule has 0 amide bonds. The van der Waals surface area contributed by atoms with Gasteiger partial charge in [0.05, 0.1) is 11.5 Å². The van der Waals surface area contributed by atoms with E-state index in [-0.39, 0.29) is 36.1 Å². The van der Waals surface area contributed by atoms with E-state index in [0.29, 0.717) is 6.42 Å². The predicted octanol–water partition coefficient (Wildman–Crippen LogP) is 4.19. The standard InChI is InChI=1S/C32H44O8/c1-17(33)40-27(2,3)13-12-23(36)32(9,39)25-21(35)15-29(6)22-11-10-18-19(14-20(34)26(38)28(18,4)5)31(22,8)24(37)16-30(25,29)7/h10,12-14,19,21-22,25,34-35,39H,11,15-16H2,1-9H3/b13-12+. The summed E-state index contributed by atoms with van der Waals surface area (Å²) in [5.41, 5.74) is -5.72. The largest absolute Gasteiger partial charge is 0.505 e. The fourth-order valence-corrected chi connectivity index (χ4v) is 8.98. The lowest BCUT2D eigenvalue weighted by atomic mass is 9.39. The molecule has 3 N–H and O–H groups in total. The van der Waals surface area contributed by atoms with E-state index < -0.39 is 62.6 Å². The molecule has 8 atom stereocenters. The van der Waals surface area contributed by atoms with Crippen LogP contribution in [-0.4, -0.2) is 55.9 Å². The SMILES string of the molecule is CC(=O)OC(C)(C)/C=C/C(=O)C(C)(O)C1C(O)CC2(C)C3CC=C4C(C=C(O)C(=O)C4(C)C)C3(C)C(=O)CC12C. The maximum atomic E-state index is 14.3. The second-order valence-corrected chi connectivity index (χ2v) is 14.4. The van der Waals surface area contributed by atoms with Gasteiger partial charge in [-0.2, -0.15) is 0 Å². The number of fused-ring (bicyclic) bond motifs is 5. The molecule has 0 heterocycles. The van der Waals surface area contributed by atoms with Crippen LogP contribution in [0, 0.1) is 39.4 Å². The molecule has 8 heteroatoms. The number of ether oxygens (including phenoxy) is 1. The van der Waals surface area contributed by atoms with Gasteiger partial charge in [0.25, 0.3) is 0 Å². The van der Waals surface area contributed by atoms with Crippen molar-refractivity contribution >= 4 is 23.3 Å². The first-order valence-electron chi connectivity index (χ1n) is 14.1. The average molecular weight is 557 g/mol. The van der Waals surface area contributed by atoms with Gasteiger partial charge < -0.3 is 20.1 Å². The van der Waals surface area contributed by atoms with Crippen LogP contribution in [0.2, 0.25) is 0 Å². The fraction of sp³-hybridized carbons (Fsp3) is 0.688. The number of hydrogen-bond acceptors (Lipinski definition) is 8. The molecule has 0 aromatic rings. The number of carbonyl (C=O) groups excluding carboxylic acids is 4. The second-order valence-electron chi connectivity index (χ2n) is 14.4. The summed E-state index contributed by atoms with van der Waals surface area (Å²) in [6, 6.07) is 0. The maximum absolute atomic E-state index is 14.3. The highest BCUT2D eigenvalue weighted by Crippen LogP contribution is 2.73. The number of rotatable bonds is 5. The Labute approximate surface area is 236 Å². The third-order valence-electron chi connectivity index (χ3n) is 11.2. The van der Waals surface area contributed by atoms with E-state index in [2.05, 4.69) is 0 Å². The molecule has 4 aliphatic rings. The van der Waals surface area contributed by atoms with Crippen LogP contribution in [0.15, 0.2) is 35.6 Å². The Bertz CT molecular complexity index is 1270. The molecule has 0 aliphatic heterocycles. The fourth-order valence-electron chi connectivity index (χ4n) is 8.98. The Kier molecular flexibility index (Phi) is 6.80. The van der Waals surface area contributed by atoms with Crippen LogP contribution in [0.5, 0.6) is 0 Å². The zero-order chi connectivity index (χ0) is 30.4. The minimum atomic E-state index is -2.00. The third-order valence-corrected chi connectivity index (χ3v) is 11.2. The molecule has 40 heavy (non-hydrogen) atoms. The molecule has 4 aliphatic carbocycles. The summed E-state index contributed by atoms with van der Waals surface area (Å²) in [6.45, 7) is 15.3. The number of aliphatic hydroxyl groups excluding tert-OH is 2. The van der Waals surface area contributed by atoms with Crippen molar-refractivity contribution in [2.45, 2.75) is 98.9 Å². The van der Waals surface area contributed by atoms with Gasteiger partial charge in [-0.1, -0.05) is 32.4 Å². The molecule has 220 valence electrons. The summed E-state index contributed by atoms with van der Waals surface area (Å²) in [5.74, 6) is -3.61. The summed E-state index contributed by atoms with van der Waals surface area (Å²) in [4.78, 5) is 52.0. The zero-order valence-corrected chi connectivity index (χ0v) is 25.1. The van der Waals surface area contributed by atoms with Crippen LogP contribution in [0.3, 0.4) is 0 Å². The van der Waals surface area contributed by atoms with E-state index in [9.17, 15) is 34.5 Å². The minimum Gasteiger partial charge on any atom is -0.505 e. The average Bonchev–Trinajstić information content (AvgIpc) is 3.01. The minimum absolute atomic E-state index is 0.0249. The quantitative estimate of drug-likeness (QED) is 0.260. The number of Topliss-reactive ketones (excluding diaryl/α,β-unsaturated/α-hetero) is 2. The van der Waals surface area contributed by atoms with Crippen molar-refractivity contribution in [1.82, 2.24) is 0 Å². The molecule has 4 rings (SSSR count). The summed E-state index contributed by atoms with van der Waals surface area (Å²) < 4.78 is 5.22. The summed E-state index contributed by atoms with van der Waals surface area (Å²) in [6.07, 6.45) is 5.89. The summed E-state index contributed by atoms with van der Waals surface area (Å²) in [5, 5.41) is 33.8. The van der Waals surface area contributed by atoms with Crippen LogP contribution in [0.1, 0.15) is 81.6 Å². The smallest absolute Gasteiger partial charge is 0.303 e. The lowest BCUT2D eigenvalue weighted by molar-refractivity contribution is -0.179. The number of allylic oxidation sites excluding steroid dienone is 4. The molecule has 2 fully saturated rings. The van der Waals surface area contributed by atoms with Crippen LogP contribution in [-0.2, 0) is 23.9 Å². The van der Waals surface area contributed by atoms with Gasteiger partial charge in [0.2, 0.25) is 5.78 Å². The molecule has 0 aromatic heterocycles. The molecule has 0 aromatic carbocycles. The molecule has 0 spiro atoms. The number of hydrogen-bond donors (Lipinski definition) is 3. The maximum Gasteiger partial charge on any atom is 0.303 e. The van der Waals surface area contributed by atoms with Crippen molar-refractivity contribution in [1.29, 1.82) is 0 Å². The van der Waals surface area contributed by atoms with Crippen LogP contribution >= 0.6 is 0 Å². The zero-order valence-electron chi connectivity index (χ0n) is 25.1. The first-order chi connectivity index (χ1) is 18.1. The van der Waals surface area contributed by atoms with Crippen molar-refractivity contribution in [3.05, 3.63) is 35.6 Å². The normalized spacial score (nSPS) is 40.4. The van der Waals surface area contributed by atoms with Crippen LogP contribution < -0.4 is 0 Å². The van der Waals surface area contributed by atoms with E-state index in [1.807, 2.05) is 26.8 Å². The summed E-state index contributed by atoms with van der Waals surface area (Å²) in [7, 11) is 0. The molecular weight excluding hydrogens is 512 g/mol. The molecule has 8 nitrogen and oxygen atoms in total. The van der Waals surface area contributed by atoms with E-state index in [1.165, 1.54) is 32.1 Å². The molecule has 0 radical (unpaired) electrons. The Balaban J connectivity index is 1.76. The van der Waals surface area contributed by atoms with Crippen molar-refractivity contribution in [2.75, 3.05) is 0 Å². The van der Waals surface area contributed by atoms with E-state index >= 15 is 0 Å². The molecule has 8 unspecified atom stereocenters. The number of aliphatic hydroxyl groups is 3. The van der Waals surface area contributed by atoms with Crippen LogP contribution in [0.4, 0.5) is 0 Å². The van der Waals surface area contributed by atoms with Crippen molar-refractivity contribution in [3.63, 3.8) is 0 Å². The highest BCUT2D eigenvalue weighted by Gasteiger charge is 2.74. The van der Waals surface area contributed by atoms with Gasteiger partial charge >= 0.3 is 5.97 Å². The highest BCUT2D eigenvalue weighted by molar-refractivity contribution is 6.02. The molecule has 0 bridgehead atoms. The first kappa shape index (κ1) is 30.4. The van der Waals surface area contributed by atoms with Gasteiger partial charge in [-0.05, 0) is 82.4 Å². The van der Waals surface area contributed by atoms with E-state index in [4.69, 9.17) is 4.74 Å². The van der Waals surface area contributed by atoms with Gasteiger partial charge in [-0.25, -0.2) is 0 Å². The Hall–Kier alpha value is -2.58.